The maximum atomic E-state index is 4.25. The normalized spacial score (nSPS) is 19.8. The maximum Gasteiger partial charge on any atom is 0.0126 e. The summed E-state index contributed by atoms with van der Waals surface area (Å²) in [5, 5.41) is 0. The third-order valence-electron chi connectivity index (χ3n) is 3.70. The van der Waals surface area contributed by atoms with Crippen molar-refractivity contribution >= 4 is 12.6 Å². The third-order valence-corrected chi connectivity index (χ3v) is 4.02. The van der Waals surface area contributed by atoms with Gasteiger partial charge in [-0.05, 0) is 45.9 Å². The Morgan fingerprint density at radius 3 is 2.00 bits per heavy atom. The minimum Gasteiger partial charge on any atom is -0.301 e. The number of piperazine rings is 1. The van der Waals surface area contributed by atoms with E-state index < -0.39 is 0 Å². The second kappa shape index (κ2) is 7.65. The van der Waals surface area contributed by atoms with Gasteiger partial charge in [-0.15, -0.1) is 0 Å². The van der Waals surface area contributed by atoms with E-state index in [2.05, 4.69) is 43.2 Å². The maximum absolute atomic E-state index is 4.25. The molecule has 0 radical (unpaired) electrons. The van der Waals surface area contributed by atoms with E-state index in [4.69, 9.17) is 0 Å². The van der Waals surface area contributed by atoms with E-state index in [-0.39, 0.29) is 0 Å². The van der Waals surface area contributed by atoms with Gasteiger partial charge in [0.05, 0.1) is 0 Å². The van der Waals surface area contributed by atoms with Crippen molar-refractivity contribution in [3.63, 3.8) is 0 Å². The zero-order valence-corrected chi connectivity index (χ0v) is 12.8. The van der Waals surface area contributed by atoms with Crippen LogP contribution in [0.2, 0.25) is 0 Å². The van der Waals surface area contributed by atoms with E-state index in [9.17, 15) is 0 Å². The number of thiol groups is 1. The van der Waals surface area contributed by atoms with Crippen LogP contribution in [0.1, 0.15) is 46.5 Å². The first-order valence-electron chi connectivity index (χ1n) is 7.12. The second-order valence-corrected chi connectivity index (χ2v) is 6.58. The molecule has 1 aliphatic heterocycles. The summed E-state index contributed by atoms with van der Waals surface area (Å²) < 4.78 is 0. The molecule has 1 fully saturated rings. The summed E-state index contributed by atoms with van der Waals surface area (Å²) in [5.74, 6) is 1.05. The van der Waals surface area contributed by atoms with Gasteiger partial charge in [0.25, 0.3) is 0 Å². The largest absolute Gasteiger partial charge is 0.301 e. The molecule has 0 aromatic heterocycles. The molecule has 3 heteroatoms. The highest BCUT2D eigenvalue weighted by Crippen LogP contribution is 2.16. The highest BCUT2D eigenvalue weighted by molar-refractivity contribution is 7.80. The Hall–Kier alpha value is 0.270. The van der Waals surface area contributed by atoms with Crippen LogP contribution >= 0.6 is 12.6 Å². The summed E-state index contributed by atoms with van der Waals surface area (Å²) >= 11 is 4.25. The smallest absolute Gasteiger partial charge is 0.0126 e. The highest BCUT2D eigenvalue weighted by Gasteiger charge is 2.25. The molecule has 1 rings (SSSR count). The number of hydrogen-bond donors (Lipinski definition) is 1. The summed E-state index contributed by atoms with van der Waals surface area (Å²) in [6.07, 6.45) is 5.37. The Labute approximate surface area is 113 Å². The topological polar surface area (TPSA) is 6.48 Å². The summed E-state index contributed by atoms with van der Waals surface area (Å²) in [5.41, 5.74) is 0.346. The lowest BCUT2D eigenvalue weighted by Crippen LogP contribution is -2.53. The van der Waals surface area contributed by atoms with E-state index in [1.165, 1.54) is 58.4 Å². The lowest BCUT2D eigenvalue weighted by Gasteiger charge is -2.42. The molecule has 0 bridgehead atoms. The van der Waals surface area contributed by atoms with Crippen molar-refractivity contribution in [3.8, 4) is 0 Å². The molecule has 0 amide bonds. The second-order valence-electron chi connectivity index (χ2n) is 6.14. The first-order chi connectivity index (χ1) is 8.04. The van der Waals surface area contributed by atoms with Gasteiger partial charge in [-0.1, -0.05) is 12.8 Å². The molecular weight excluding hydrogens is 228 g/mol. The molecule has 1 aliphatic rings. The van der Waals surface area contributed by atoms with Gasteiger partial charge in [-0.2, -0.15) is 12.6 Å². The molecule has 0 atom stereocenters. The van der Waals surface area contributed by atoms with Crippen LogP contribution in [-0.2, 0) is 0 Å². The van der Waals surface area contributed by atoms with Crippen LogP contribution in [0.3, 0.4) is 0 Å². The van der Waals surface area contributed by atoms with Gasteiger partial charge in [-0.3, -0.25) is 4.90 Å². The molecule has 0 unspecified atom stereocenters. The summed E-state index contributed by atoms with van der Waals surface area (Å²) in [6, 6.07) is 0. The van der Waals surface area contributed by atoms with Gasteiger partial charge >= 0.3 is 0 Å². The minimum atomic E-state index is 0.346. The summed E-state index contributed by atoms with van der Waals surface area (Å²) in [6.45, 7) is 13.2. The van der Waals surface area contributed by atoms with Crippen LogP contribution < -0.4 is 0 Å². The fourth-order valence-electron chi connectivity index (χ4n) is 2.44. The fraction of sp³-hybridized carbons (Fsp3) is 1.00. The van der Waals surface area contributed by atoms with E-state index in [1.807, 2.05) is 0 Å². The Bertz CT molecular complexity index is 193. The predicted molar refractivity (Wildman–Crippen MR) is 80.1 cm³/mol. The van der Waals surface area contributed by atoms with Crippen LogP contribution in [0, 0.1) is 0 Å². The van der Waals surface area contributed by atoms with Gasteiger partial charge in [0, 0.05) is 31.7 Å². The van der Waals surface area contributed by atoms with Crippen LogP contribution in [0.15, 0.2) is 0 Å². The minimum absolute atomic E-state index is 0.346. The molecule has 0 aromatic carbocycles. The van der Waals surface area contributed by atoms with Gasteiger partial charge in [-0.25, -0.2) is 0 Å². The van der Waals surface area contributed by atoms with Gasteiger partial charge in [0.1, 0.15) is 0 Å². The fourth-order valence-corrected chi connectivity index (χ4v) is 2.67. The molecule has 1 heterocycles. The molecule has 0 aromatic rings. The Kier molecular flexibility index (Phi) is 6.90. The molecule has 0 saturated carbocycles. The lowest BCUT2D eigenvalue weighted by molar-refractivity contribution is 0.0616. The Balaban J connectivity index is 2.07. The number of unbranched alkanes of at least 4 members (excludes halogenated alkanes) is 3. The summed E-state index contributed by atoms with van der Waals surface area (Å²) in [7, 11) is 0. The molecule has 0 N–H and O–H groups in total. The van der Waals surface area contributed by atoms with E-state index in [0.717, 1.165) is 5.75 Å². The van der Waals surface area contributed by atoms with Gasteiger partial charge < -0.3 is 4.90 Å². The zero-order chi connectivity index (χ0) is 12.7. The third kappa shape index (κ3) is 6.12. The standard InChI is InChI=1S/C14H30N2S/c1-14(2,3)16-11-9-15(10-12-16)8-6-4-5-7-13-17/h17H,4-13H2,1-3H3. The molecule has 1 saturated heterocycles. The Morgan fingerprint density at radius 1 is 0.882 bits per heavy atom. The van der Waals surface area contributed by atoms with Crippen molar-refractivity contribution in [1.29, 1.82) is 0 Å². The Morgan fingerprint density at radius 2 is 1.47 bits per heavy atom. The molecule has 102 valence electrons. The number of rotatable bonds is 6. The average Bonchev–Trinajstić information content (AvgIpc) is 2.28. The predicted octanol–water partition coefficient (Wildman–Crippen LogP) is 2.89. The van der Waals surface area contributed by atoms with Crippen LogP contribution in [0.4, 0.5) is 0 Å². The SMILES string of the molecule is CC(C)(C)N1CCN(CCCCCCS)CC1. The van der Waals surface area contributed by atoms with Crippen molar-refractivity contribution in [1.82, 2.24) is 9.80 Å². The zero-order valence-electron chi connectivity index (χ0n) is 11.9. The van der Waals surface area contributed by atoms with Crippen molar-refractivity contribution in [2.45, 2.75) is 52.0 Å². The molecule has 2 nitrogen and oxygen atoms in total. The van der Waals surface area contributed by atoms with Gasteiger partial charge in [0.2, 0.25) is 0 Å². The monoisotopic (exact) mass is 258 g/mol. The van der Waals surface area contributed by atoms with Crippen LogP contribution in [0.25, 0.3) is 0 Å². The summed E-state index contributed by atoms with van der Waals surface area (Å²) in [4.78, 5) is 5.23. The van der Waals surface area contributed by atoms with Crippen LogP contribution in [-0.4, -0.2) is 53.8 Å². The van der Waals surface area contributed by atoms with E-state index in [0.29, 0.717) is 5.54 Å². The van der Waals surface area contributed by atoms with Crippen molar-refractivity contribution in [3.05, 3.63) is 0 Å². The first-order valence-corrected chi connectivity index (χ1v) is 7.75. The lowest BCUT2D eigenvalue weighted by atomic mass is 10.0. The van der Waals surface area contributed by atoms with Gasteiger partial charge in [0.15, 0.2) is 0 Å². The number of hydrogen-bond acceptors (Lipinski definition) is 3. The van der Waals surface area contributed by atoms with E-state index in [1.54, 1.807) is 0 Å². The molecule has 0 spiro atoms. The first kappa shape index (κ1) is 15.3. The molecular formula is C14H30N2S. The quantitative estimate of drug-likeness (QED) is 0.578. The average molecular weight is 258 g/mol. The van der Waals surface area contributed by atoms with Crippen molar-refractivity contribution < 1.29 is 0 Å². The van der Waals surface area contributed by atoms with Crippen molar-refractivity contribution in [2.75, 3.05) is 38.5 Å². The number of nitrogens with zero attached hydrogens (tertiary/aromatic N) is 2. The highest BCUT2D eigenvalue weighted by atomic mass is 32.1. The van der Waals surface area contributed by atoms with Crippen LogP contribution in [0.5, 0.6) is 0 Å². The van der Waals surface area contributed by atoms with E-state index >= 15 is 0 Å². The molecule has 0 aliphatic carbocycles. The molecule has 17 heavy (non-hydrogen) atoms. The van der Waals surface area contributed by atoms with Crippen molar-refractivity contribution in [2.24, 2.45) is 0 Å².